The summed E-state index contributed by atoms with van der Waals surface area (Å²) < 4.78 is 0. The number of likely N-dealkylation sites (tertiary alicyclic amines) is 1. The van der Waals surface area contributed by atoms with Crippen LogP contribution in [0.5, 0.6) is 0 Å². The molecule has 0 aromatic heterocycles. The highest BCUT2D eigenvalue weighted by atomic mass is 16.5. The molecular formula is C24H39N3O3. The molecule has 2 rings (SSSR count). The van der Waals surface area contributed by atoms with E-state index < -0.39 is 17.7 Å². The third-order valence-electron chi connectivity index (χ3n) is 6.05. The van der Waals surface area contributed by atoms with E-state index in [1.807, 2.05) is 30.3 Å². The third kappa shape index (κ3) is 8.07. The molecule has 0 spiro atoms. The van der Waals surface area contributed by atoms with Gasteiger partial charge in [0.2, 0.25) is 5.91 Å². The average molecular weight is 418 g/mol. The molecule has 2 amide bonds. The summed E-state index contributed by atoms with van der Waals surface area (Å²) in [6.07, 6.45) is 10.1. The van der Waals surface area contributed by atoms with Crippen LogP contribution in [0.2, 0.25) is 0 Å². The molecule has 2 unspecified atom stereocenters. The number of carbonyl (C=O) groups is 2. The van der Waals surface area contributed by atoms with Gasteiger partial charge < -0.3 is 10.6 Å². The molecule has 3 N–H and O–H groups in total. The molecule has 1 saturated heterocycles. The Hall–Kier alpha value is -1.92. The Labute approximate surface area is 181 Å². The molecule has 1 aromatic rings. The summed E-state index contributed by atoms with van der Waals surface area (Å²) in [5.41, 5.74) is 6.41. The smallest absolute Gasteiger partial charge is 0.259 e. The van der Waals surface area contributed by atoms with Crippen LogP contribution in [0.3, 0.4) is 0 Å². The van der Waals surface area contributed by atoms with Crippen LogP contribution < -0.4 is 5.73 Å². The zero-order chi connectivity index (χ0) is 21.8. The number of nitrogens with two attached hydrogens (primary N) is 1. The number of piperidine rings is 1. The highest BCUT2D eigenvalue weighted by molar-refractivity contribution is 5.99. The Bertz CT molecular complexity index is 632. The van der Waals surface area contributed by atoms with Crippen LogP contribution in [0.1, 0.15) is 70.3 Å². The largest absolute Gasteiger partial charge is 0.369 e. The summed E-state index contributed by atoms with van der Waals surface area (Å²) in [5, 5.41) is 11.7. The van der Waals surface area contributed by atoms with Gasteiger partial charge in [0.15, 0.2) is 0 Å². The van der Waals surface area contributed by atoms with Gasteiger partial charge in [-0.3, -0.25) is 14.8 Å². The maximum atomic E-state index is 13.1. The molecule has 6 heteroatoms. The van der Waals surface area contributed by atoms with E-state index >= 15 is 0 Å². The highest BCUT2D eigenvalue weighted by Gasteiger charge is 2.33. The minimum absolute atomic E-state index is 0.207. The van der Waals surface area contributed by atoms with Gasteiger partial charge >= 0.3 is 0 Å². The van der Waals surface area contributed by atoms with E-state index in [-0.39, 0.29) is 12.5 Å². The van der Waals surface area contributed by atoms with Gasteiger partial charge in [-0.25, -0.2) is 5.06 Å². The zero-order valence-electron chi connectivity index (χ0n) is 18.5. The normalized spacial score (nSPS) is 16.7. The van der Waals surface area contributed by atoms with Crippen LogP contribution in [0.25, 0.3) is 0 Å². The summed E-state index contributed by atoms with van der Waals surface area (Å²) in [6, 6.07) is 9.03. The van der Waals surface area contributed by atoms with E-state index in [1.165, 1.54) is 25.7 Å². The molecule has 168 valence electrons. The molecule has 1 aliphatic heterocycles. The lowest BCUT2D eigenvalue weighted by atomic mass is 9.96. The van der Waals surface area contributed by atoms with Crippen molar-refractivity contribution in [3.8, 4) is 0 Å². The number of primary amides is 1. The summed E-state index contributed by atoms with van der Waals surface area (Å²) in [7, 11) is 0. The molecule has 1 fully saturated rings. The van der Waals surface area contributed by atoms with Crippen molar-refractivity contribution < 1.29 is 14.8 Å². The van der Waals surface area contributed by atoms with E-state index in [0.29, 0.717) is 6.54 Å². The molecule has 0 aliphatic carbocycles. The van der Waals surface area contributed by atoms with Crippen LogP contribution in [-0.4, -0.2) is 52.7 Å². The number of amides is 2. The summed E-state index contributed by atoms with van der Waals surface area (Å²) in [6.45, 7) is 4.83. The maximum absolute atomic E-state index is 13.1. The van der Waals surface area contributed by atoms with Crippen molar-refractivity contribution in [2.24, 2.45) is 11.7 Å². The molecule has 2 atom stereocenters. The number of hydrogen-bond acceptors (Lipinski definition) is 4. The number of benzene rings is 1. The SMILES string of the molecule is CCCCCCCC(CN1CCCCC1)N(O)C(=O)C(Cc1ccccc1)C(N)=O. The second-order valence-electron chi connectivity index (χ2n) is 8.55. The first-order valence-electron chi connectivity index (χ1n) is 11.6. The van der Waals surface area contributed by atoms with Gasteiger partial charge in [0.05, 0.1) is 6.04 Å². The molecule has 1 heterocycles. The molecule has 0 saturated carbocycles. The van der Waals surface area contributed by atoms with Gasteiger partial charge in [-0.1, -0.05) is 75.8 Å². The van der Waals surface area contributed by atoms with Crippen LogP contribution in [-0.2, 0) is 16.0 Å². The first kappa shape index (κ1) is 24.4. The van der Waals surface area contributed by atoms with Crippen LogP contribution in [0, 0.1) is 5.92 Å². The Morgan fingerprint density at radius 3 is 2.37 bits per heavy atom. The number of unbranched alkanes of at least 4 members (excludes halogenated alkanes) is 4. The monoisotopic (exact) mass is 417 g/mol. The van der Waals surface area contributed by atoms with Gasteiger partial charge in [-0.2, -0.15) is 0 Å². The van der Waals surface area contributed by atoms with Crippen molar-refractivity contribution in [2.45, 2.75) is 77.2 Å². The number of hydrogen-bond donors (Lipinski definition) is 2. The summed E-state index contributed by atoms with van der Waals surface area (Å²) in [4.78, 5) is 27.4. The van der Waals surface area contributed by atoms with E-state index in [2.05, 4.69) is 11.8 Å². The Balaban J connectivity index is 2.04. The molecular weight excluding hydrogens is 378 g/mol. The summed E-state index contributed by atoms with van der Waals surface area (Å²) in [5.74, 6) is -2.33. The minimum atomic E-state index is -1.05. The lowest BCUT2D eigenvalue weighted by molar-refractivity contribution is -0.183. The number of rotatable bonds is 13. The molecule has 0 radical (unpaired) electrons. The fourth-order valence-electron chi connectivity index (χ4n) is 4.21. The fraction of sp³-hybridized carbons (Fsp3) is 0.667. The van der Waals surface area contributed by atoms with Gasteiger partial charge in [-0.05, 0) is 44.3 Å². The van der Waals surface area contributed by atoms with Crippen LogP contribution >= 0.6 is 0 Å². The quantitative estimate of drug-likeness (QED) is 0.221. The lowest BCUT2D eigenvalue weighted by Crippen LogP contribution is -2.50. The van der Waals surface area contributed by atoms with Crippen molar-refractivity contribution in [3.05, 3.63) is 35.9 Å². The predicted molar refractivity (Wildman–Crippen MR) is 119 cm³/mol. The first-order valence-corrected chi connectivity index (χ1v) is 11.6. The van der Waals surface area contributed by atoms with Crippen molar-refractivity contribution in [3.63, 3.8) is 0 Å². The van der Waals surface area contributed by atoms with Crippen LogP contribution in [0.15, 0.2) is 30.3 Å². The third-order valence-corrected chi connectivity index (χ3v) is 6.05. The van der Waals surface area contributed by atoms with E-state index in [1.54, 1.807) is 0 Å². The maximum Gasteiger partial charge on any atom is 0.259 e. The molecule has 1 aliphatic rings. The number of nitrogens with zero attached hydrogens (tertiary/aromatic N) is 2. The van der Waals surface area contributed by atoms with Crippen molar-refractivity contribution in [1.29, 1.82) is 0 Å². The van der Waals surface area contributed by atoms with Gasteiger partial charge in [0.1, 0.15) is 5.92 Å². The van der Waals surface area contributed by atoms with E-state index in [9.17, 15) is 14.8 Å². The van der Waals surface area contributed by atoms with Crippen LogP contribution in [0.4, 0.5) is 0 Å². The average Bonchev–Trinajstić information content (AvgIpc) is 2.77. The Morgan fingerprint density at radius 1 is 1.07 bits per heavy atom. The first-order chi connectivity index (χ1) is 14.5. The van der Waals surface area contributed by atoms with Crippen molar-refractivity contribution in [1.82, 2.24) is 9.96 Å². The van der Waals surface area contributed by atoms with Crippen molar-refractivity contribution in [2.75, 3.05) is 19.6 Å². The van der Waals surface area contributed by atoms with E-state index in [4.69, 9.17) is 5.73 Å². The van der Waals surface area contributed by atoms with Gasteiger partial charge in [0.25, 0.3) is 5.91 Å². The fourth-order valence-corrected chi connectivity index (χ4v) is 4.21. The lowest BCUT2D eigenvalue weighted by Gasteiger charge is -2.34. The van der Waals surface area contributed by atoms with E-state index in [0.717, 1.165) is 55.8 Å². The molecule has 6 nitrogen and oxygen atoms in total. The molecule has 0 bridgehead atoms. The number of carbonyl (C=O) groups excluding carboxylic acids is 2. The topological polar surface area (TPSA) is 86.9 Å². The molecule has 1 aromatic carbocycles. The Morgan fingerprint density at radius 2 is 1.73 bits per heavy atom. The Kier molecular flexibility index (Phi) is 10.9. The number of hydroxylamine groups is 2. The second kappa shape index (κ2) is 13.4. The summed E-state index contributed by atoms with van der Waals surface area (Å²) >= 11 is 0. The molecule has 30 heavy (non-hydrogen) atoms. The standard InChI is InChI=1S/C24H39N3O3/c1-2-3-4-5-10-15-21(19-26-16-11-7-12-17-26)27(30)24(29)22(23(25)28)18-20-13-8-6-9-14-20/h6,8-9,13-14,21-22,30H,2-5,7,10-12,15-19H2,1H3,(H2,25,28). The minimum Gasteiger partial charge on any atom is -0.369 e. The van der Waals surface area contributed by atoms with Gasteiger partial charge in [-0.15, -0.1) is 0 Å². The van der Waals surface area contributed by atoms with Crippen molar-refractivity contribution >= 4 is 11.8 Å². The predicted octanol–water partition coefficient (Wildman–Crippen LogP) is 3.76. The van der Waals surface area contributed by atoms with Gasteiger partial charge in [0, 0.05) is 6.54 Å². The highest BCUT2D eigenvalue weighted by Crippen LogP contribution is 2.19. The second-order valence-corrected chi connectivity index (χ2v) is 8.55. The zero-order valence-corrected chi connectivity index (χ0v) is 18.5.